The first-order valence-corrected chi connectivity index (χ1v) is 9.11. The second kappa shape index (κ2) is 8.52. The third kappa shape index (κ3) is 5.23. The Balaban J connectivity index is 1.98. The summed E-state index contributed by atoms with van der Waals surface area (Å²) < 4.78 is 5.43. The molecule has 24 heavy (non-hydrogen) atoms. The van der Waals surface area contributed by atoms with E-state index in [2.05, 4.69) is 30.1 Å². The summed E-state index contributed by atoms with van der Waals surface area (Å²) in [5.41, 5.74) is 0.805. The van der Waals surface area contributed by atoms with Crippen molar-refractivity contribution in [3.05, 3.63) is 29.8 Å². The molecule has 0 saturated carbocycles. The predicted molar refractivity (Wildman–Crippen MR) is 98.4 cm³/mol. The summed E-state index contributed by atoms with van der Waals surface area (Å²) in [6.07, 6.45) is 5.70. The Morgan fingerprint density at radius 2 is 1.83 bits per heavy atom. The number of carbonyl (C=O) groups is 1. The quantitative estimate of drug-likeness (QED) is 0.868. The standard InChI is InChI=1S/C20H32N2O2/c1-16(22-13-9-5-6-10-14-22)19(23)21-20(2,3)15-17-11-7-8-12-18(17)24-4/h7-8,11-12,16H,5-6,9-10,13-15H2,1-4H3,(H,21,23). The number of carbonyl (C=O) groups excluding carboxylic acids is 1. The van der Waals surface area contributed by atoms with Crippen molar-refractivity contribution in [2.24, 2.45) is 0 Å². The molecule has 0 spiro atoms. The molecule has 134 valence electrons. The van der Waals surface area contributed by atoms with Crippen LogP contribution in [-0.2, 0) is 11.2 Å². The van der Waals surface area contributed by atoms with E-state index in [1.165, 1.54) is 25.7 Å². The summed E-state index contributed by atoms with van der Waals surface area (Å²) >= 11 is 0. The van der Waals surface area contributed by atoms with Gasteiger partial charge in [-0.25, -0.2) is 0 Å². The predicted octanol–water partition coefficient (Wildman–Crippen LogP) is 3.40. The van der Waals surface area contributed by atoms with E-state index in [0.29, 0.717) is 0 Å². The van der Waals surface area contributed by atoms with Gasteiger partial charge in [0.2, 0.25) is 5.91 Å². The van der Waals surface area contributed by atoms with Gasteiger partial charge in [0.1, 0.15) is 5.75 Å². The van der Waals surface area contributed by atoms with E-state index in [1.807, 2.05) is 25.1 Å². The van der Waals surface area contributed by atoms with E-state index in [9.17, 15) is 4.79 Å². The summed E-state index contributed by atoms with van der Waals surface area (Å²) in [6.45, 7) is 8.24. The third-order valence-corrected chi connectivity index (χ3v) is 4.85. The molecule has 1 heterocycles. The zero-order valence-corrected chi connectivity index (χ0v) is 15.6. The number of methoxy groups -OCH3 is 1. The molecule has 1 saturated heterocycles. The van der Waals surface area contributed by atoms with Gasteiger partial charge in [-0.2, -0.15) is 0 Å². The molecule has 1 unspecified atom stereocenters. The Hall–Kier alpha value is -1.55. The van der Waals surface area contributed by atoms with Crippen molar-refractivity contribution < 1.29 is 9.53 Å². The molecule has 1 aromatic carbocycles. The first kappa shape index (κ1) is 18.8. The van der Waals surface area contributed by atoms with Gasteiger partial charge in [-0.3, -0.25) is 9.69 Å². The monoisotopic (exact) mass is 332 g/mol. The van der Waals surface area contributed by atoms with Crippen LogP contribution in [0, 0.1) is 0 Å². The molecule has 4 nitrogen and oxygen atoms in total. The average molecular weight is 332 g/mol. The number of hydrogen-bond donors (Lipinski definition) is 1. The van der Waals surface area contributed by atoms with Gasteiger partial charge in [0.25, 0.3) is 0 Å². The lowest BCUT2D eigenvalue weighted by molar-refractivity contribution is -0.127. The van der Waals surface area contributed by atoms with Crippen LogP contribution in [0.5, 0.6) is 5.75 Å². The Morgan fingerprint density at radius 1 is 1.21 bits per heavy atom. The summed E-state index contributed by atoms with van der Waals surface area (Å²) in [4.78, 5) is 15.1. The van der Waals surface area contributed by atoms with Crippen molar-refractivity contribution in [1.29, 1.82) is 0 Å². The largest absolute Gasteiger partial charge is 0.496 e. The van der Waals surface area contributed by atoms with Gasteiger partial charge in [-0.05, 0) is 64.8 Å². The van der Waals surface area contributed by atoms with Gasteiger partial charge < -0.3 is 10.1 Å². The zero-order chi connectivity index (χ0) is 17.6. The molecule has 1 aliphatic heterocycles. The number of likely N-dealkylation sites (tertiary alicyclic amines) is 1. The Labute approximate surface area is 146 Å². The molecule has 0 aliphatic carbocycles. The average Bonchev–Trinajstić information content (AvgIpc) is 2.83. The van der Waals surface area contributed by atoms with Crippen molar-refractivity contribution in [1.82, 2.24) is 10.2 Å². The molecular weight excluding hydrogens is 300 g/mol. The van der Waals surface area contributed by atoms with Gasteiger partial charge in [-0.15, -0.1) is 0 Å². The van der Waals surface area contributed by atoms with Gasteiger partial charge in [-0.1, -0.05) is 31.0 Å². The zero-order valence-electron chi connectivity index (χ0n) is 15.6. The van der Waals surface area contributed by atoms with Gasteiger partial charge in [0.15, 0.2) is 0 Å². The molecule has 1 atom stereocenters. The molecule has 1 fully saturated rings. The molecule has 1 aliphatic rings. The van der Waals surface area contributed by atoms with Crippen LogP contribution in [0.3, 0.4) is 0 Å². The van der Waals surface area contributed by atoms with Gasteiger partial charge >= 0.3 is 0 Å². The highest BCUT2D eigenvalue weighted by molar-refractivity contribution is 5.82. The second-order valence-electron chi connectivity index (χ2n) is 7.49. The van der Waals surface area contributed by atoms with Crippen LogP contribution in [0.4, 0.5) is 0 Å². The number of nitrogens with zero attached hydrogens (tertiary/aromatic N) is 1. The van der Waals surface area contributed by atoms with E-state index in [1.54, 1.807) is 7.11 Å². The lowest BCUT2D eigenvalue weighted by Crippen LogP contribution is -2.53. The van der Waals surface area contributed by atoms with Crippen LogP contribution < -0.4 is 10.1 Å². The van der Waals surface area contributed by atoms with Crippen LogP contribution >= 0.6 is 0 Å². The van der Waals surface area contributed by atoms with Crippen LogP contribution in [0.1, 0.15) is 52.0 Å². The molecule has 4 heteroatoms. The summed E-state index contributed by atoms with van der Waals surface area (Å²) in [5, 5.41) is 3.24. The van der Waals surface area contributed by atoms with Crippen LogP contribution in [-0.4, -0.2) is 42.6 Å². The molecule has 1 amide bonds. The molecule has 0 bridgehead atoms. The summed E-state index contributed by atoms with van der Waals surface area (Å²) in [6, 6.07) is 7.93. The lowest BCUT2D eigenvalue weighted by atomic mass is 9.94. The molecule has 0 aromatic heterocycles. The number of nitrogens with one attached hydrogen (secondary N) is 1. The van der Waals surface area contributed by atoms with Crippen molar-refractivity contribution >= 4 is 5.91 Å². The molecule has 0 radical (unpaired) electrons. The SMILES string of the molecule is COc1ccccc1CC(C)(C)NC(=O)C(C)N1CCCCCC1. The van der Waals surface area contributed by atoms with E-state index in [4.69, 9.17) is 4.74 Å². The Bertz CT molecular complexity index is 534. The number of ether oxygens (including phenoxy) is 1. The Morgan fingerprint density at radius 3 is 2.46 bits per heavy atom. The van der Waals surface area contributed by atoms with Crippen molar-refractivity contribution in [2.75, 3.05) is 20.2 Å². The normalized spacial score (nSPS) is 17.8. The minimum Gasteiger partial charge on any atom is -0.496 e. The van der Waals surface area contributed by atoms with Crippen LogP contribution in [0.15, 0.2) is 24.3 Å². The minimum absolute atomic E-state index is 0.0694. The number of benzene rings is 1. The number of hydrogen-bond acceptors (Lipinski definition) is 3. The third-order valence-electron chi connectivity index (χ3n) is 4.85. The molecule has 1 aromatic rings. The van der Waals surface area contributed by atoms with Crippen molar-refractivity contribution in [2.45, 2.75) is 64.5 Å². The fourth-order valence-corrected chi connectivity index (χ4v) is 3.46. The van der Waals surface area contributed by atoms with Crippen LogP contribution in [0.25, 0.3) is 0 Å². The van der Waals surface area contributed by atoms with Crippen molar-refractivity contribution in [3.63, 3.8) is 0 Å². The molecular formula is C20H32N2O2. The lowest BCUT2D eigenvalue weighted by Gasteiger charge is -2.32. The van der Waals surface area contributed by atoms with E-state index in [-0.39, 0.29) is 17.5 Å². The maximum Gasteiger partial charge on any atom is 0.237 e. The first-order valence-electron chi connectivity index (χ1n) is 9.11. The molecule has 1 N–H and O–H groups in total. The fraction of sp³-hybridized carbons (Fsp3) is 0.650. The maximum atomic E-state index is 12.7. The number of amides is 1. The van der Waals surface area contributed by atoms with E-state index >= 15 is 0 Å². The minimum atomic E-state index is -0.314. The fourth-order valence-electron chi connectivity index (χ4n) is 3.46. The van der Waals surface area contributed by atoms with E-state index in [0.717, 1.165) is 30.8 Å². The smallest absolute Gasteiger partial charge is 0.237 e. The molecule has 2 rings (SSSR count). The highest BCUT2D eigenvalue weighted by Crippen LogP contribution is 2.23. The highest BCUT2D eigenvalue weighted by Gasteiger charge is 2.28. The number of para-hydroxylation sites is 1. The first-order chi connectivity index (χ1) is 11.4. The second-order valence-corrected chi connectivity index (χ2v) is 7.49. The van der Waals surface area contributed by atoms with Crippen LogP contribution in [0.2, 0.25) is 0 Å². The summed E-state index contributed by atoms with van der Waals surface area (Å²) in [7, 11) is 1.69. The van der Waals surface area contributed by atoms with Gasteiger partial charge in [0, 0.05) is 5.54 Å². The highest BCUT2D eigenvalue weighted by atomic mass is 16.5. The summed E-state index contributed by atoms with van der Waals surface area (Å²) in [5.74, 6) is 0.997. The maximum absolute atomic E-state index is 12.7. The topological polar surface area (TPSA) is 41.6 Å². The Kier molecular flexibility index (Phi) is 6.67. The number of rotatable bonds is 6. The van der Waals surface area contributed by atoms with Gasteiger partial charge in [0.05, 0.1) is 13.2 Å². The van der Waals surface area contributed by atoms with E-state index < -0.39 is 0 Å². The van der Waals surface area contributed by atoms with Crippen molar-refractivity contribution in [3.8, 4) is 5.75 Å².